The van der Waals surface area contributed by atoms with Crippen LogP contribution in [0, 0.1) is 11.7 Å². The van der Waals surface area contributed by atoms with Crippen molar-refractivity contribution in [2.24, 2.45) is 5.92 Å². The maximum Gasteiger partial charge on any atom is 0.253 e. The third kappa shape index (κ3) is 5.28. The van der Waals surface area contributed by atoms with Crippen molar-refractivity contribution in [2.45, 2.75) is 19.8 Å². The Labute approximate surface area is 182 Å². The summed E-state index contributed by atoms with van der Waals surface area (Å²) >= 11 is 9.52. The average molecular weight is 484 g/mol. The van der Waals surface area contributed by atoms with Gasteiger partial charge >= 0.3 is 0 Å². The average Bonchev–Trinajstić information content (AvgIpc) is 2.70. The molecular formula is C21H21BrClFN2O3. The van der Waals surface area contributed by atoms with E-state index in [0.717, 1.165) is 0 Å². The number of carbonyl (C=O) groups is 2. The molecule has 5 nitrogen and oxygen atoms in total. The molecule has 0 spiro atoms. The van der Waals surface area contributed by atoms with E-state index in [2.05, 4.69) is 21.2 Å². The Bertz CT molecular complexity index is 900. The Morgan fingerprint density at radius 3 is 2.52 bits per heavy atom. The van der Waals surface area contributed by atoms with Crippen LogP contribution in [-0.2, 0) is 4.79 Å². The molecule has 1 aliphatic heterocycles. The third-order valence-electron chi connectivity index (χ3n) is 4.80. The molecule has 3 rings (SSSR count). The molecule has 0 aliphatic carbocycles. The Balaban J connectivity index is 1.62. The van der Waals surface area contributed by atoms with Crippen LogP contribution in [0.2, 0.25) is 5.02 Å². The molecule has 0 radical (unpaired) electrons. The summed E-state index contributed by atoms with van der Waals surface area (Å²) in [6.45, 7) is 3.24. The van der Waals surface area contributed by atoms with Crippen LogP contribution in [0.3, 0.4) is 0 Å². The van der Waals surface area contributed by atoms with E-state index in [1.165, 1.54) is 24.3 Å². The fourth-order valence-electron chi connectivity index (χ4n) is 3.30. The predicted octanol–water partition coefficient (Wildman–Crippen LogP) is 5.13. The lowest BCUT2D eigenvalue weighted by Crippen LogP contribution is -2.41. The summed E-state index contributed by atoms with van der Waals surface area (Å²) in [6, 6.07) is 8.86. The van der Waals surface area contributed by atoms with Gasteiger partial charge in [-0.2, -0.15) is 0 Å². The molecule has 1 aliphatic rings. The summed E-state index contributed by atoms with van der Waals surface area (Å²) in [6.07, 6.45) is 1.09. The van der Waals surface area contributed by atoms with Gasteiger partial charge in [0.1, 0.15) is 5.82 Å². The van der Waals surface area contributed by atoms with E-state index in [4.69, 9.17) is 16.3 Å². The number of piperidine rings is 1. The number of anilines is 1. The van der Waals surface area contributed by atoms with Crippen molar-refractivity contribution < 1.29 is 18.7 Å². The monoisotopic (exact) mass is 482 g/mol. The summed E-state index contributed by atoms with van der Waals surface area (Å²) < 4.78 is 19.3. The largest absolute Gasteiger partial charge is 0.491 e. The third-order valence-corrected chi connectivity index (χ3v) is 5.61. The van der Waals surface area contributed by atoms with Crippen LogP contribution >= 0.6 is 27.5 Å². The zero-order chi connectivity index (χ0) is 21.0. The van der Waals surface area contributed by atoms with E-state index in [1.807, 2.05) is 6.92 Å². The minimum atomic E-state index is -0.379. The molecular weight excluding hydrogens is 463 g/mol. The maximum absolute atomic E-state index is 13.0. The molecule has 0 aromatic heterocycles. The Morgan fingerprint density at radius 1 is 1.24 bits per heavy atom. The van der Waals surface area contributed by atoms with Crippen molar-refractivity contribution in [3.8, 4) is 5.75 Å². The smallest absolute Gasteiger partial charge is 0.253 e. The summed E-state index contributed by atoms with van der Waals surface area (Å²) in [7, 11) is 0. The summed E-state index contributed by atoms with van der Waals surface area (Å²) in [5.74, 6) is -0.347. The standard InChI is InChI=1S/C21H21BrClFN2O3/c1-2-29-19-17(22)11-15(23)12-18(19)25-20(27)13-7-9-26(10-8-13)21(28)14-3-5-16(24)6-4-14/h3-6,11-13H,2,7-10H2,1H3,(H,25,27). The molecule has 1 fully saturated rings. The molecule has 2 aromatic rings. The summed E-state index contributed by atoms with van der Waals surface area (Å²) in [5, 5.41) is 3.39. The lowest BCUT2D eigenvalue weighted by atomic mass is 9.95. The Morgan fingerprint density at radius 2 is 1.90 bits per heavy atom. The first kappa shape index (κ1) is 21.6. The van der Waals surface area contributed by atoms with Gasteiger partial charge in [0, 0.05) is 29.6 Å². The molecule has 0 unspecified atom stereocenters. The van der Waals surface area contributed by atoms with Crippen LogP contribution in [0.25, 0.3) is 0 Å². The van der Waals surface area contributed by atoms with Gasteiger partial charge in [-0.15, -0.1) is 0 Å². The van der Waals surface area contributed by atoms with Crippen molar-refractivity contribution in [1.82, 2.24) is 4.90 Å². The first-order valence-electron chi connectivity index (χ1n) is 9.36. The number of hydrogen-bond acceptors (Lipinski definition) is 3. The Hall–Kier alpha value is -2.12. The highest BCUT2D eigenvalue weighted by molar-refractivity contribution is 9.10. The predicted molar refractivity (Wildman–Crippen MR) is 114 cm³/mol. The SMILES string of the molecule is CCOc1c(Br)cc(Cl)cc1NC(=O)C1CCN(C(=O)c2ccc(F)cc2)CC1. The van der Waals surface area contributed by atoms with Crippen LogP contribution in [0.4, 0.5) is 10.1 Å². The van der Waals surface area contributed by atoms with E-state index in [1.54, 1.807) is 17.0 Å². The lowest BCUT2D eigenvalue weighted by Gasteiger charge is -2.31. The molecule has 2 amide bonds. The van der Waals surface area contributed by atoms with Gasteiger partial charge in [-0.05, 0) is 72.1 Å². The fraction of sp³-hybridized carbons (Fsp3) is 0.333. The molecule has 1 saturated heterocycles. The number of amides is 2. The summed E-state index contributed by atoms with van der Waals surface area (Å²) in [5.41, 5.74) is 0.959. The molecule has 0 saturated carbocycles. The van der Waals surface area contributed by atoms with E-state index < -0.39 is 0 Å². The number of hydrogen-bond donors (Lipinski definition) is 1. The molecule has 1 heterocycles. The second-order valence-electron chi connectivity index (χ2n) is 6.76. The first-order valence-corrected chi connectivity index (χ1v) is 10.5. The molecule has 154 valence electrons. The topological polar surface area (TPSA) is 58.6 Å². The van der Waals surface area contributed by atoms with Crippen LogP contribution in [0.1, 0.15) is 30.1 Å². The molecule has 29 heavy (non-hydrogen) atoms. The van der Waals surface area contributed by atoms with Crippen molar-refractivity contribution in [1.29, 1.82) is 0 Å². The highest BCUT2D eigenvalue weighted by Gasteiger charge is 2.28. The number of ether oxygens (including phenoxy) is 1. The first-order chi connectivity index (χ1) is 13.9. The quantitative estimate of drug-likeness (QED) is 0.641. The zero-order valence-electron chi connectivity index (χ0n) is 15.9. The number of benzene rings is 2. The molecule has 8 heteroatoms. The molecule has 0 atom stereocenters. The van der Waals surface area contributed by atoms with Gasteiger partial charge < -0.3 is 15.0 Å². The Kier molecular flexibility index (Phi) is 7.14. The number of rotatable bonds is 5. The van der Waals surface area contributed by atoms with Gasteiger partial charge in [-0.3, -0.25) is 9.59 Å². The van der Waals surface area contributed by atoms with Crippen molar-refractivity contribution in [3.63, 3.8) is 0 Å². The minimum Gasteiger partial charge on any atom is -0.491 e. The molecule has 2 aromatic carbocycles. The van der Waals surface area contributed by atoms with Gasteiger partial charge in [0.15, 0.2) is 5.75 Å². The molecule has 0 bridgehead atoms. The van der Waals surface area contributed by atoms with Crippen LogP contribution in [-0.4, -0.2) is 36.4 Å². The number of nitrogens with zero attached hydrogens (tertiary/aromatic N) is 1. The number of nitrogens with one attached hydrogen (secondary N) is 1. The minimum absolute atomic E-state index is 0.131. The van der Waals surface area contributed by atoms with Gasteiger partial charge in [-0.1, -0.05) is 11.6 Å². The van der Waals surface area contributed by atoms with Crippen LogP contribution in [0.15, 0.2) is 40.9 Å². The van der Waals surface area contributed by atoms with E-state index >= 15 is 0 Å². The van der Waals surface area contributed by atoms with E-state index in [-0.39, 0.29) is 23.5 Å². The summed E-state index contributed by atoms with van der Waals surface area (Å²) in [4.78, 5) is 27.0. The van der Waals surface area contributed by atoms with Gasteiger partial charge in [-0.25, -0.2) is 4.39 Å². The second kappa shape index (κ2) is 9.59. The number of likely N-dealkylation sites (tertiary alicyclic amines) is 1. The number of carbonyl (C=O) groups excluding carboxylic acids is 2. The van der Waals surface area contributed by atoms with Crippen molar-refractivity contribution in [3.05, 3.63) is 57.3 Å². The van der Waals surface area contributed by atoms with Gasteiger partial charge in [0.25, 0.3) is 5.91 Å². The normalized spacial score (nSPS) is 14.6. The highest BCUT2D eigenvalue weighted by Crippen LogP contribution is 2.37. The van der Waals surface area contributed by atoms with Crippen LogP contribution < -0.4 is 10.1 Å². The van der Waals surface area contributed by atoms with Gasteiger partial charge in [0.05, 0.1) is 16.8 Å². The van der Waals surface area contributed by atoms with E-state index in [9.17, 15) is 14.0 Å². The maximum atomic E-state index is 13.0. The van der Waals surface area contributed by atoms with E-state index in [0.29, 0.717) is 59.0 Å². The van der Waals surface area contributed by atoms with Crippen molar-refractivity contribution >= 4 is 45.0 Å². The fourth-order valence-corrected chi connectivity index (χ4v) is 4.22. The highest BCUT2D eigenvalue weighted by atomic mass is 79.9. The zero-order valence-corrected chi connectivity index (χ0v) is 18.2. The second-order valence-corrected chi connectivity index (χ2v) is 8.05. The number of halogens is 3. The van der Waals surface area contributed by atoms with Crippen molar-refractivity contribution in [2.75, 3.05) is 25.0 Å². The van der Waals surface area contributed by atoms with Crippen LogP contribution in [0.5, 0.6) is 5.75 Å². The van der Waals surface area contributed by atoms with Gasteiger partial charge in [0.2, 0.25) is 5.91 Å². The lowest BCUT2D eigenvalue weighted by molar-refractivity contribution is -0.121. The molecule has 1 N–H and O–H groups in total.